The monoisotopic (exact) mass is 589 g/mol. The number of halogens is 1. The van der Waals surface area contributed by atoms with E-state index in [9.17, 15) is 0 Å². The Balaban J connectivity index is 1.65. The fourth-order valence-electron chi connectivity index (χ4n) is 7.86. The Bertz CT molecular complexity index is 2300. The molecule has 0 N–H and O–H groups in total. The first-order chi connectivity index (χ1) is 21.3. The van der Waals surface area contributed by atoms with Gasteiger partial charge in [-0.15, -0.1) is 0 Å². The highest BCUT2D eigenvalue weighted by Gasteiger charge is 2.33. The molecule has 1 aliphatic rings. The Kier molecular flexibility index (Phi) is 6.39. The normalized spacial score (nSPS) is 13.5. The maximum Gasteiger partial charge on any atom is 0.132 e. The Morgan fingerprint density at radius 1 is 0.644 bits per heavy atom. The fourth-order valence-corrected chi connectivity index (χ4v) is 7.86. The van der Waals surface area contributed by atoms with Crippen molar-refractivity contribution in [3.05, 3.63) is 126 Å². The maximum atomic E-state index is 16.9. The van der Waals surface area contributed by atoms with Gasteiger partial charge in [-0.2, -0.15) is 0 Å². The van der Waals surface area contributed by atoms with E-state index < -0.39 is 0 Å². The van der Waals surface area contributed by atoms with E-state index in [2.05, 4.69) is 114 Å². The van der Waals surface area contributed by atoms with Gasteiger partial charge in [0.15, 0.2) is 0 Å². The van der Waals surface area contributed by atoms with E-state index in [-0.39, 0.29) is 5.82 Å². The highest BCUT2D eigenvalue weighted by Crippen LogP contribution is 2.53. The number of anilines is 1. The number of aryl methyl sites for hydroxylation is 1. The van der Waals surface area contributed by atoms with Crippen molar-refractivity contribution in [3.8, 4) is 0 Å². The zero-order chi connectivity index (χ0) is 32.2. The molecular formula is C43H40FN. The van der Waals surface area contributed by atoms with Crippen LogP contribution in [-0.4, -0.2) is 0 Å². The summed E-state index contributed by atoms with van der Waals surface area (Å²) in [6.07, 6.45) is 0. The van der Waals surface area contributed by atoms with E-state index in [0.717, 1.165) is 93.7 Å². The first-order valence-electron chi connectivity index (χ1n) is 15.9. The summed E-state index contributed by atoms with van der Waals surface area (Å²) in [5.74, 6) is 0.348. The predicted molar refractivity (Wildman–Crippen MR) is 197 cm³/mol. The molecule has 45 heavy (non-hydrogen) atoms. The van der Waals surface area contributed by atoms with Gasteiger partial charge < -0.3 is 4.90 Å². The van der Waals surface area contributed by atoms with Crippen molar-refractivity contribution in [1.29, 1.82) is 0 Å². The van der Waals surface area contributed by atoms with E-state index >= 15 is 4.39 Å². The van der Waals surface area contributed by atoms with Crippen LogP contribution < -0.4 is 4.90 Å². The third-order valence-corrected chi connectivity index (χ3v) is 9.90. The maximum absolute atomic E-state index is 16.9. The lowest BCUT2D eigenvalue weighted by molar-refractivity contribution is 0.640. The van der Waals surface area contributed by atoms with Crippen LogP contribution in [0.3, 0.4) is 0 Å². The topological polar surface area (TPSA) is 3.24 Å². The molecule has 0 atom stereocenters. The minimum absolute atomic E-state index is 0.237. The molecule has 0 radical (unpaired) electrons. The second-order valence-corrected chi connectivity index (χ2v) is 13.6. The number of nitrogens with zero attached hydrogens (tertiary/aromatic N) is 1. The molecule has 0 spiro atoms. The summed E-state index contributed by atoms with van der Waals surface area (Å²) >= 11 is 0. The largest absolute Gasteiger partial charge is 0.310 e. The molecule has 0 aliphatic carbocycles. The lowest BCUT2D eigenvalue weighted by Gasteiger charge is -2.38. The van der Waals surface area contributed by atoms with Crippen LogP contribution in [0, 0.1) is 12.7 Å². The third-order valence-electron chi connectivity index (χ3n) is 9.90. The first kappa shape index (κ1) is 29.0. The summed E-state index contributed by atoms with van der Waals surface area (Å²) in [6, 6.07) is 19.0. The average Bonchev–Trinajstić information content (AvgIpc) is 2.99. The standard InChI is InChI=1S/C43H40FN/c1-21(2)28-15-17-33-40-36(44)20-35-27(11)45(43-29(22(3)4)13-12-14-30(43)23(5)6)26(10)31-16-18-32(42(40)39(31)35)37-25(9)19-34(24(7)8)38(28)41(33)37/h12-20,22-23H,1,7,10-11H2,2-6,8-9H3. The fraction of sp³-hybridized carbons (Fsp3) is 0.209. The molecule has 6 aromatic rings. The number of rotatable bonds is 5. The lowest BCUT2D eigenvalue weighted by atomic mass is 9.79. The van der Waals surface area contributed by atoms with Crippen molar-refractivity contribution < 1.29 is 4.39 Å². The summed E-state index contributed by atoms with van der Waals surface area (Å²) < 4.78 is 16.9. The molecule has 1 nitrogen and oxygen atoms in total. The Hall–Kier alpha value is -4.69. The van der Waals surface area contributed by atoms with Crippen LogP contribution in [0.1, 0.15) is 92.3 Å². The molecule has 0 amide bonds. The number of para-hydroxylation sites is 1. The number of hydrogen-bond acceptors (Lipinski definition) is 1. The van der Waals surface area contributed by atoms with Gasteiger partial charge in [0.1, 0.15) is 5.82 Å². The molecule has 1 aliphatic heterocycles. The lowest BCUT2D eigenvalue weighted by Crippen LogP contribution is -2.26. The molecule has 1 heterocycles. The number of hydrogen-bond donors (Lipinski definition) is 0. The van der Waals surface area contributed by atoms with Gasteiger partial charge >= 0.3 is 0 Å². The molecule has 0 unspecified atom stereocenters. The summed E-state index contributed by atoms with van der Waals surface area (Å²) in [7, 11) is 0. The van der Waals surface area contributed by atoms with Crippen molar-refractivity contribution >= 4 is 71.3 Å². The van der Waals surface area contributed by atoms with E-state index in [0.29, 0.717) is 17.2 Å². The van der Waals surface area contributed by atoms with Crippen molar-refractivity contribution in [1.82, 2.24) is 0 Å². The van der Waals surface area contributed by atoms with E-state index in [4.69, 9.17) is 0 Å². The molecule has 6 aromatic carbocycles. The van der Waals surface area contributed by atoms with Crippen molar-refractivity contribution in [2.45, 2.75) is 60.3 Å². The molecule has 0 fully saturated rings. The smallest absolute Gasteiger partial charge is 0.132 e. The summed E-state index contributed by atoms with van der Waals surface area (Å²) in [5.41, 5.74) is 12.3. The molecule has 0 bridgehead atoms. The zero-order valence-electron chi connectivity index (χ0n) is 27.5. The van der Waals surface area contributed by atoms with Gasteiger partial charge in [0.05, 0.1) is 5.69 Å². The van der Waals surface area contributed by atoms with Crippen molar-refractivity contribution in [2.24, 2.45) is 0 Å². The van der Waals surface area contributed by atoms with Crippen molar-refractivity contribution in [3.63, 3.8) is 0 Å². The Morgan fingerprint density at radius 3 is 1.80 bits per heavy atom. The average molecular weight is 590 g/mol. The van der Waals surface area contributed by atoms with Gasteiger partial charge in [0.25, 0.3) is 0 Å². The van der Waals surface area contributed by atoms with Crippen LogP contribution in [0.4, 0.5) is 10.1 Å². The van der Waals surface area contributed by atoms with Crippen LogP contribution in [0.15, 0.2) is 80.9 Å². The van der Waals surface area contributed by atoms with Crippen LogP contribution in [0.5, 0.6) is 0 Å². The van der Waals surface area contributed by atoms with E-state index in [1.54, 1.807) is 6.07 Å². The highest BCUT2D eigenvalue weighted by atomic mass is 19.1. The van der Waals surface area contributed by atoms with Crippen molar-refractivity contribution in [2.75, 3.05) is 4.90 Å². The van der Waals surface area contributed by atoms with Crippen LogP contribution in [0.2, 0.25) is 0 Å². The van der Waals surface area contributed by atoms with Gasteiger partial charge in [-0.3, -0.25) is 0 Å². The zero-order valence-corrected chi connectivity index (χ0v) is 27.5. The highest BCUT2D eigenvalue weighted by molar-refractivity contribution is 6.37. The second kappa shape index (κ2) is 9.91. The Morgan fingerprint density at radius 2 is 1.20 bits per heavy atom. The summed E-state index contributed by atoms with van der Waals surface area (Å²) in [4.78, 5) is 2.19. The predicted octanol–water partition coefficient (Wildman–Crippen LogP) is 13.0. The molecule has 224 valence electrons. The van der Waals surface area contributed by atoms with Gasteiger partial charge in [-0.05, 0) is 93.4 Å². The number of allylic oxidation sites excluding steroid dienone is 2. The SMILES string of the molecule is C=C(C)c1ccc2c3c(F)cc4c5c(ccc(c6c(C)cc(C(=C)C)c1c26)c53)C(=C)N(c1c(C(C)C)cccc1C(C)C)C4=C. The van der Waals surface area contributed by atoms with Gasteiger partial charge in [0.2, 0.25) is 0 Å². The quantitative estimate of drug-likeness (QED) is 0.143. The minimum Gasteiger partial charge on any atom is -0.310 e. The second-order valence-electron chi connectivity index (χ2n) is 13.6. The molecular weight excluding hydrogens is 549 g/mol. The number of fused-ring (bicyclic) bond motifs is 2. The van der Waals surface area contributed by atoms with E-state index in [1.807, 2.05) is 13.8 Å². The summed E-state index contributed by atoms with van der Waals surface area (Å²) in [5, 5.41) is 7.89. The number of benzene rings is 6. The molecule has 7 rings (SSSR count). The minimum atomic E-state index is -0.237. The van der Waals surface area contributed by atoms with Gasteiger partial charge in [0, 0.05) is 38.7 Å². The molecule has 0 saturated carbocycles. The molecule has 0 saturated heterocycles. The van der Waals surface area contributed by atoms with Crippen LogP contribution >= 0.6 is 0 Å². The van der Waals surface area contributed by atoms with Gasteiger partial charge in [-0.1, -0.05) is 114 Å². The van der Waals surface area contributed by atoms with Crippen LogP contribution in [-0.2, 0) is 0 Å². The summed E-state index contributed by atoms with van der Waals surface area (Å²) in [6.45, 7) is 33.0. The molecule has 2 heteroatoms. The third kappa shape index (κ3) is 3.84. The Labute approximate surface area is 266 Å². The molecule has 0 aromatic heterocycles. The van der Waals surface area contributed by atoms with Gasteiger partial charge in [-0.25, -0.2) is 4.39 Å². The van der Waals surface area contributed by atoms with E-state index in [1.165, 1.54) is 11.1 Å². The van der Waals surface area contributed by atoms with Crippen LogP contribution in [0.25, 0.3) is 65.6 Å². The first-order valence-corrected chi connectivity index (χ1v) is 15.9.